The van der Waals surface area contributed by atoms with Crippen LogP contribution in [-0.4, -0.2) is 37.7 Å². The van der Waals surface area contributed by atoms with Crippen LogP contribution in [-0.2, 0) is 4.74 Å². The monoisotopic (exact) mass is 240 g/mol. The highest BCUT2D eigenvalue weighted by Crippen LogP contribution is 2.29. The third kappa shape index (κ3) is 2.38. The average molecular weight is 241 g/mol. The predicted octanol–water partition coefficient (Wildman–Crippen LogP) is 1.67. The minimum atomic E-state index is 0.0530. The Labute approximate surface area is 101 Å². The van der Waals surface area contributed by atoms with E-state index in [4.69, 9.17) is 22.1 Å². The number of nitrogens with two attached hydrogens (primary N) is 1. The Morgan fingerprint density at radius 3 is 3.06 bits per heavy atom. The number of morpholine rings is 1. The first-order valence-electron chi connectivity index (χ1n) is 5.49. The molecule has 2 unspecified atom stereocenters. The summed E-state index contributed by atoms with van der Waals surface area (Å²) < 4.78 is 5.69. The zero-order valence-electron chi connectivity index (χ0n) is 9.40. The number of benzene rings is 1. The molecule has 1 aromatic rings. The molecular weight excluding hydrogens is 224 g/mol. The Hall–Kier alpha value is -0.610. The second-order valence-electron chi connectivity index (χ2n) is 4.13. The fourth-order valence-electron chi connectivity index (χ4n) is 2.22. The van der Waals surface area contributed by atoms with Crippen LogP contribution in [0.3, 0.4) is 0 Å². The molecule has 0 spiro atoms. The molecule has 0 amide bonds. The minimum absolute atomic E-state index is 0.0530. The predicted molar refractivity (Wildman–Crippen MR) is 65.6 cm³/mol. The topological polar surface area (TPSA) is 38.5 Å². The number of halogens is 1. The molecular formula is C12H17ClN2O. The first kappa shape index (κ1) is 11.9. The second-order valence-corrected chi connectivity index (χ2v) is 4.56. The van der Waals surface area contributed by atoms with Crippen molar-refractivity contribution in [2.45, 2.75) is 12.1 Å². The molecule has 2 atom stereocenters. The van der Waals surface area contributed by atoms with Gasteiger partial charge in [0.25, 0.3) is 0 Å². The lowest BCUT2D eigenvalue weighted by atomic mass is 9.98. The van der Waals surface area contributed by atoms with Crippen LogP contribution in [0.1, 0.15) is 11.6 Å². The van der Waals surface area contributed by atoms with Crippen LogP contribution in [0.4, 0.5) is 0 Å². The third-order valence-electron chi connectivity index (χ3n) is 3.03. The maximum absolute atomic E-state index is 6.01. The number of hydrogen-bond donors (Lipinski definition) is 1. The van der Waals surface area contributed by atoms with Crippen LogP contribution >= 0.6 is 11.6 Å². The lowest BCUT2D eigenvalue weighted by Crippen LogP contribution is -2.46. The minimum Gasteiger partial charge on any atom is -0.374 e. The van der Waals surface area contributed by atoms with Crippen LogP contribution in [0.5, 0.6) is 0 Å². The van der Waals surface area contributed by atoms with Crippen molar-refractivity contribution in [3.63, 3.8) is 0 Å². The summed E-state index contributed by atoms with van der Waals surface area (Å²) in [6.07, 6.45) is 0.0530. The van der Waals surface area contributed by atoms with E-state index in [1.807, 2.05) is 18.2 Å². The molecule has 1 aliphatic rings. The summed E-state index contributed by atoms with van der Waals surface area (Å²) in [5.74, 6) is 0. The molecule has 1 aliphatic heterocycles. The van der Waals surface area contributed by atoms with Gasteiger partial charge in [0.1, 0.15) is 0 Å². The van der Waals surface area contributed by atoms with Crippen LogP contribution in [0.25, 0.3) is 0 Å². The van der Waals surface area contributed by atoms with Crippen molar-refractivity contribution in [3.8, 4) is 0 Å². The molecule has 1 heterocycles. The molecule has 3 nitrogen and oxygen atoms in total. The summed E-state index contributed by atoms with van der Waals surface area (Å²) in [4.78, 5) is 2.27. The van der Waals surface area contributed by atoms with Crippen LogP contribution in [0, 0.1) is 0 Å². The largest absolute Gasteiger partial charge is 0.374 e. The number of likely N-dealkylation sites (N-methyl/N-ethyl adjacent to an activating group) is 1. The molecule has 0 aromatic heterocycles. The third-order valence-corrected chi connectivity index (χ3v) is 3.26. The highest BCUT2D eigenvalue weighted by molar-refractivity contribution is 6.30. The molecule has 0 radical (unpaired) electrons. The molecule has 88 valence electrons. The smallest absolute Gasteiger partial charge is 0.0894 e. The van der Waals surface area contributed by atoms with E-state index in [0.717, 1.165) is 18.2 Å². The lowest BCUT2D eigenvalue weighted by Gasteiger charge is -2.39. The summed E-state index contributed by atoms with van der Waals surface area (Å²) in [5.41, 5.74) is 6.92. The standard InChI is InChI=1S/C12H17ClN2O/c1-15-5-6-16-11(8-14)12(15)9-3-2-4-10(13)7-9/h2-4,7,11-12H,5-6,8,14H2,1H3. The van der Waals surface area contributed by atoms with Gasteiger partial charge < -0.3 is 10.5 Å². The van der Waals surface area contributed by atoms with Crippen LogP contribution in [0.15, 0.2) is 24.3 Å². The number of rotatable bonds is 2. The van der Waals surface area contributed by atoms with Crippen molar-refractivity contribution in [1.82, 2.24) is 4.90 Å². The summed E-state index contributed by atoms with van der Waals surface area (Å²) in [5, 5.41) is 0.757. The number of nitrogens with zero attached hydrogens (tertiary/aromatic N) is 1. The molecule has 2 N–H and O–H groups in total. The normalized spacial score (nSPS) is 26.9. The maximum atomic E-state index is 6.01. The maximum Gasteiger partial charge on any atom is 0.0894 e. The van der Waals surface area contributed by atoms with Crippen molar-refractivity contribution >= 4 is 11.6 Å². The van der Waals surface area contributed by atoms with Gasteiger partial charge in [-0.25, -0.2) is 0 Å². The van der Waals surface area contributed by atoms with E-state index in [0.29, 0.717) is 6.54 Å². The Morgan fingerprint density at radius 2 is 2.38 bits per heavy atom. The van der Waals surface area contributed by atoms with E-state index in [1.54, 1.807) is 0 Å². The van der Waals surface area contributed by atoms with Gasteiger partial charge in [-0.1, -0.05) is 23.7 Å². The molecule has 16 heavy (non-hydrogen) atoms. The van der Waals surface area contributed by atoms with Crippen molar-refractivity contribution in [2.75, 3.05) is 26.7 Å². The first-order chi connectivity index (χ1) is 7.72. The van der Waals surface area contributed by atoms with Gasteiger partial charge in [0.2, 0.25) is 0 Å². The fraction of sp³-hybridized carbons (Fsp3) is 0.500. The highest BCUT2D eigenvalue weighted by Gasteiger charge is 2.30. The van der Waals surface area contributed by atoms with Crippen molar-refractivity contribution in [3.05, 3.63) is 34.9 Å². The Kier molecular flexibility index (Phi) is 3.82. The zero-order valence-corrected chi connectivity index (χ0v) is 10.2. The van der Waals surface area contributed by atoms with E-state index < -0.39 is 0 Å². The molecule has 1 fully saturated rings. The van der Waals surface area contributed by atoms with Crippen LogP contribution in [0.2, 0.25) is 5.02 Å². The van der Waals surface area contributed by atoms with Crippen molar-refractivity contribution in [2.24, 2.45) is 5.73 Å². The van der Waals surface area contributed by atoms with Crippen molar-refractivity contribution < 1.29 is 4.74 Å². The van der Waals surface area contributed by atoms with Gasteiger partial charge in [0.05, 0.1) is 18.8 Å². The second kappa shape index (κ2) is 5.15. The summed E-state index contributed by atoms with van der Waals surface area (Å²) in [7, 11) is 2.09. The molecule has 1 aromatic carbocycles. The SMILES string of the molecule is CN1CCOC(CN)C1c1cccc(Cl)c1. The van der Waals surface area contributed by atoms with E-state index in [1.165, 1.54) is 5.56 Å². The number of hydrogen-bond acceptors (Lipinski definition) is 3. The van der Waals surface area contributed by atoms with Gasteiger partial charge in [-0.15, -0.1) is 0 Å². The Morgan fingerprint density at radius 1 is 1.56 bits per heavy atom. The van der Waals surface area contributed by atoms with Crippen LogP contribution < -0.4 is 5.73 Å². The molecule has 0 saturated carbocycles. The van der Waals surface area contributed by atoms with E-state index in [9.17, 15) is 0 Å². The molecule has 0 aliphatic carbocycles. The van der Waals surface area contributed by atoms with Gasteiger partial charge >= 0.3 is 0 Å². The van der Waals surface area contributed by atoms with E-state index in [2.05, 4.69) is 18.0 Å². The molecule has 0 bridgehead atoms. The quantitative estimate of drug-likeness (QED) is 0.855. The Balaban J connectivity index is 2.28. The van der Waals surface area contributed by atoms with Gasteiger partial charge in [0.15, 0.2) is 0 Å². The summed E-state index contributed by atoms with van der Waals surface area (Å²) in [6, 6.07) is 8.11. The van der Waals surface area contributed by atoms with E-state index >= 15 is 0 Å². The summed E-state index contributed by atoms with van der Waals surface area (Å²) >= 11 is 6.01. The zero-order chi connectivity index (χ0) is 11.5. The van der Waals surface area contributed by atoms with Crippen molar-refractivity contribution in [1.29, 1.82) is 0 Å². The molecule has 4 heteroatoms. The molecule has 2 rings (SSSR count). The molecule has 1 saturated heterocycles. The van der Waals surface area contributed by atoms with E-state index in [-0.39, 0.29) is 12.1 Å². The Bertz CT molecular complexity index is 359. The fourth-order valence-corrected chi connectivity index (χ4v) is 2.42. The van der Waals surface area contributed by atoms with Gasteiger partial charge in [-0.2, -0.15) is 0 Å². The average Bonchev–Trinajstić information content (AvgIpc) is 2.28. The summed E-state index contributed by atoms with van der Waals surface area (Å²) in [6.45, 7) is 2.20. The first-order valence-corrected chi connectivity index (χ1v) is 5.87. The number of ether oxygens (including phenoxy) is 1. The van der Waals surface area contributed by atoms with Gasteiger partial charge in [0, 0.05) is 18.1 Å². The van der Waals surface area contributed by atoms with Gasteiger partial charge in [-0.3, -0.25) is 4.90 Å². The lowest BCUT2D eigenvalue weighted by molar-refractivity contribution is -0.0576. The highest BCUT2D eigenvalue weighted by atomic mass is 35.5. The van der Waals surface area contributed by atoms with Gasteiger partial charge in [-0.05, 0) is 24.7 Å².